The number of primary sulfonamides is 1. The molecule has 0 amide bonds. The Morgan fingerprint density at radius 2 is 1.93 bits per heavy atom. The smallest absolute Gasteiger partial charge is 0.238 e. The first-order chi connectivity index (χ1) is 14.4. The molecule has 0 atom stereocenters. The molecular weight excluding hydrogens is 422 g/mol. The highest BCUT2D eigenvalue weighted by atomic mass is 32.2. The lowest BCUT2D eigenvalue weighted by atomic mass is 10.1. The van der Waals surface area contributed by atoms with Crippen molar-refractivity contribution in [2.24, 2.45) is 5.14 Å². The van der Waals surface area contributed by atoms with Gasteiger partial charge in [0.2, 0.25) is 10.0 Å². The second kappa shape index (κ2) is 7.94. The van der Waals surface area contributed by atoms with Crippen LogP contribution in [0, 0.1) is 0 Å². The molecule has 0 bridgehead atoms. The molecule has 0 radical (unpaired) electrons. The van der Waals surface area contributed by atoms with Crippen LogP contribution in [-0.2, 0) is 16.6 Å². The Morgan fingerprint density at radius 1 is 1.13 bits per heavy atom. The van der Waals surface area contributed by atoms with Crippen molar-refractivity contribution in [3.63, 3.8) is 0 Å². The summed E-state index contributed by atoms with van der Waals surface area (Å²) < 4.78 is 30.4. The number of aromatic hydroxyl groups is 1. The molecule has 1 heterocycles. The molecule has 3 aromatic carbocycles. The van der Waals surface area contributed by atoms with E-state index >= 15 is 0 Å². The van der Waals surface area contributed by atoms with Gasteiger partial charge in [0, 0.05) is 23.4 Å². The molecule has 0 unspecified atom stereocenters. The Kier molecular flexibility index (Phi) is 5.33. The van der Waals surface area contributed by atoms with Gasteiger partial charge in [0.15, 0.2) is 11.5 Å². The first-order valence-corrected chi connectivity index (χ1v) is 11.3. The summed E-state index contributed by atoms with van der Waals surface area (Å²) in [7, 11) is -2.45. The Labute approximate surface area is 177 Å². The number of sulfonamides is 1. The summed E-state index contributed by atoms with van der Waals surface area (Å²) in [6, 6.07) is 17.6. The van der Waals surface area contributed by atoms with Crippen LogP contribution in [0.25, 0.3) is 20.8 Å². The molecule has 1 aromatic heterocycles. The Balaban J connectivity index is 1.72. The highest BCUT2D eigenvalue weighted by Gasteiger charge is 2.19. The van der Waals surface area contributed by atoms with Gasteiger partial charge in [-0.1, -0.05) is 24.3 Å². The van der Waals surface area contributed by atoms with Crippen LogP contribution < -0.4 is 15.2 Å². The van der Waals surface area contributed by atoms with E-state index in [9.17, 15) is 13.5 Å². The average Bonchev–Trinajstić information content (AvgIpc) is 3.16. The van der Waals surface area contributed by atoms with E-state index in [1.165, 1.54) is 24.5 Å². The number of phenolic OH excluding ortho intramolecular Hbond substituents is 1. The van der Waals surface area contributed by atoms with Crippen LogP contribution in [0.3, 0.4) is 0 Å². The third kappa shape index (κ3) is 3.95. The van der Waals surface area contributed by atoms with Crippen molar-refractivity contribution in [3.8, 4) is 22.1 Å². The van der Waals surface area contributed by atoms with Gasteiger partial charge in [-0.25, -0.2) is 18.5 Å². The van der Waals surface area contributed by atoms with E-state index in [4.69, 9.17) is 9.88 Å². The highest BCUT2D eigenvalue weighted by molar-refractivity contribution is 7.89. The SMILES string of the molecule is COc1cccc(CNc2ccc(S(N)(=O)=O)c(-c3nc4ccccc4s3)c2)c1O. The Bertz CT molecular complexity index is 1300. The number of nitrogens with one attached hydrogen (secondary N) is 1. The number of hydrogen-bond donors (Lipinski definition) is 3. The number of benzene rings is 3. The van der Waals surface area contributed by atoms with Gasteiger partial charge in [-0.2, -0.15) is 0 Å². The first-order valence-electron chi connectivity index (χ1n) is 8.98. The molecule has 0 aliphatic carbocycles. The maximum Gasteiger partial charge on any atom is 0.238 e. The molecule has 154 valence electrons. The number of nitrogens with zero attached hydrogens (tertiary/aromatic N) is 1. The van der Waals surface area contributed by atoms with E-state index < -0.39 is 10.0 Å². The van der Waals surface area contributed by atoms with Crippen LogP contribution in [0.15, 0.2) is 65.6 Å². The quantitative estimate of drug-likeness (QED) is 0.418. The molecule has 4 aromatic rings. The monoisotopic (exact) mass is 441 g/mol. The first kappa shape index (κ1) is 20.1. The predicted octanol–water partition coefficient (Wildman–Crippen LogP) is 3.94. The predicted molar refractivity (Wildman–Crippen MR) is 118 cm³/mol. The van der Waals surface area contributed by atoms with Crippen LogP contribution in [-0.4, -0.2) is 25.6 Å². The lowest BCUT2D eigenvalue weighted by Crippen LogP contribution is -2.13. The lowest BCUT2D eigenvalue weighted by molar-refractivity contribution is 0.371. The zero-order valence-corrected chi connectivity index (χ0v) is 17.6. The normalized spacial score (nSPS) is 11.5. The average molecular weight is 442 g/mol. The number of anilines is 1. The van der Waals surface area contributed by atoms with Gasteiger partial charge in [-0.3, -0.25) is 0 Å². The number of ether oxygens (including phenoxy) is 1. The zero-order valence-electron chi connectivity index (χ0n) is 16.0. The number of methoxy groups -OCH3 is 1. The molecule has 0 saturated carbocycles. The fourth-order valence-corrected chi connectivity index (χ4v) is 4.90. The number of para-hydroxylation sites is 2. The summed E-state index contributed by atoms with van der Waals surface area (Å²) in [5.41, 5.74) is 2.53. The molecular formula is C21H19N3O4S2. The van der Waals surface area contributed by atoms with Gasteiger partial charge in [0.25, 0.3) is 0 Å². The van der Waals surface area contributed by atoms with Crippen molar-refractivity contribution in [1.29, 1.82) is 0 Å². The maximum absolute atomic E-state index is 12.1. The summed E-state index contributed by atoms with van der Waals surface area (Å²) in [6.07, 6.45) is 0. The van der Waals surface area contributed by atoms with E-state index in [0.717, 1.165) is 10.2 Å². The van der Waals surface area contributed by atoms with E-state index in [-0.39, 0.29) is 10.6 Å². The largest absolute Gasteiger partial charge is 0.504 e. The van der Waals surface area contributed by atoms with Gasteiger partial charge < -0.3 is 15.2 Å². The number of thiazole rings is 1. The summed E-state index contributed by atoms with van der Waals surface area (Å²) in [4.78, 5) is 4.58. The van der Waals surface area contributed by atoms with Crippen LogP contribution in [0.5, 0.6) is 11.5 Å². The second-order valence-corrected chi connectivity index (χ2v) is 9.12. The summed E-state index contributed by atoms with van der Waals surface area (Å²) in [5.74, 6) is 0.439. The number of fused-ring (bicyclic) bond motifs is 1. The summed E-state index contributed by atoms with van der Waals surface area (Å²) in [6.45, 7) is 0.317. The van der Waals surface area contributed by atoms with Crippen molar-refractivity contribution in [1.82, 2.24) is 4.98 Å². The number of nitrogens with two attached hydrogens (primary N) is 1. The third-order valence-corrected chi connectivity index (χ3v) is 6.63. The minimum Gasteiger partial charge on any atom is -0.504 e. The number of rotatable bonds is 6. The molecule has 30 heavy (non-hydrogen) atoms. The molecule has 0 saturated heterocycles. The van der Waals surface area contributed by atoms with Gasteiger partial charge in [0.1, 0.15) is 5.01 Å². The second-order valence-electron chi connectivity index (χ2n) is 6.56. The number of aromatic nitrogens is 1. The molecule has 4 rings (SSSR count). The maximum atomic E-state index is 12.1. The van der Waals surface area contributed by atoms with Crippen LogP contribution >= 0.6 is 11.3 Å². The van der Waals surface area contributed by atoms with Crippen molar-refractivity contribution < 1.29 is 18.3 Å². The van der Waals surface area contributed by atoms with Gasteiger partial charge >= 0.3 is 0 Å². The molecule has 9 heteroatoms. The molecule has 4 N–H and O–H groups in total. The fourth-order valence-electron chi connectivity index (χ4n) is 3.12. The van der Waals surface area contributed by atoms with Crippen molar-refractivity contribution in [3.05, 3.63) is 66.2 Å². The summed E-state index contributed by atoms with van der Waals surface area (Å²) in [5, 5.41) is 19.5. The van der Waals surface area contributed by atoms with E-state index in [2.05, 4.69) is 10.3 Å². The van der Waals surface area contributed by atoms with Crippen molar-refractivity contribution in [2.45, 2.75) is 11.4 Å². The molecule has 7 nitrogen and oxygen atoms in total. The minimum atomic E-state index is -3.94. The third-order valence-electron chi connectivity index (χ3n) is 4.60. The van der Waals surface area contributed by atoms with Gasteiger partial charge in [0.05, 0.1) is 22.2 Å². The standard InChI is InChI=1S/C21H19N3O4S2/c1-28-17-7-4-5-13(20(17)25)12-23-14-9-10-19(30(22,26)27)15(11-14)21-24-16-6-2-3-8-18(16)29-21/h2-11,23,25H,12H2,1H3,(H2,22,26,27). The van der Waals surface area contributed by atoms with Crippen LogP contribution in [0.1, 0.15) is 5.56 Å². The molecule has 0 fully saturated rings. The topological polar surface area (TPSA) is 115 Å². The van der Waals surface area contributed by atoms with Crippen molar-refractivity contribution in [2.75, 3.05) is 12.4 Å². The Morgan fingerprint density at radius 3 is 2.67 bits per heavy atom. The number of hydrogen-bond acceptors (Lipinski definition) is 7. The van der Waals surface area contributed by atoms with Crippen molar-refractivity contribution >= 4 is 37.3 Å². The molecule has 0 aliphatic heterocycles. The van der Waals surface area contributed by atoms with Gasteiger partial charge in [-0.05, 0) is 36.4 Å². The van der Waals surface area contributed by atoms with Crippen LogP contribution in [0.4, 0.5) is 5.69 Å². The number of phenols is 1. The highest BCUT2D eigenvalue weighted by Crippen LogP contribution is 2.36. The van der Waals surface area contributed by atoms with E-state index in [0.29, 0.717) is 34.1 Å². The Hall–Kier alpha value is -3.14. The van der Waals surface area contributed by atoms with E-state index in [1.54, 1.807) is 30.3 Å². The molecule has 0 aliphatic rings. The van der Waals surface area contributed by atoms with Crippen LogP contribution in [0.2, 0.25) is 0 Å². The fraction of sp³-hybridized carbons (Fsp3) is 0.0952. The van der Waals surface area contributed by atoms with E-state index in [1.807, 2.05) is 24.3 Å². The zero-order chi connectivity index (χ0) is 21.3. The molecule has 0 spiro atoms. The summed E-state index contributed by atoms with van der Waals surface area (Å²) >= 11 is 1.40. The minimum absolute atomic E-state index is 0.0105. The van der Waals surface area contributed by atoms with Gasteiger partial charge in [-0.15, -0.1) is 11.3 Å². The lowest BCUT2D eigenvalue weighted by Gasteiger charge is -2.13.